The van der Waals surface area contributed by atoms with E-state index in [1.165, 1.54) is 0 Å². The van der Waals surface area contributed by atoms with Crippen molar-refractivity contribution in [2.24, 2.45) is 5.41 Å². The number of alkyl halides is 3. The Morgan fingerprint density at radius 2 is 2.05 bits per heavy atom. The molecule has 0 aromatic carbocycles. The van der Waals surface area contributed by atoms with E-state index in [0.717, 1.165) is 11.1 Å². The van der Waals surface area contributed by atoms with Crippen molar-refractivity contribution in [1.82, 2.24) is 9.78 Å². The van der Waals surface area contributed by atoms with Crippen LogP contribution in [0.3, 0.4) is 0 Å². The van der Waals surface area contributed by atoms with Gasteiger partial charge in [0.2, 0.25) is 0 Å². The van der Waals surface area contributed by atoms with Crippen molar-refractivity contribution in [1.29, 1.82) is 0 Å². The van der Waals surface area contributed by atoms with E-state index in [9.17, 15) is 18.0 Å². The molecule has 0 aliphatic heterocycles. The van der Waals surface area contributed by atoms with Crippen LogP contribution < -0.4 is 0 Å². The molecule has 3 rings (SSSR count). The molecule has 116 valence electrons. The SMILES string of the molecule is CC1(C)[C@H]2CC[C@]1(C)c1c2c(C(F)(F)F)nn1CC(=O)O. The molecule has 0 saturated heterocycles. The summed E-state index contributed by atoms with van der Waals surface area (Å²) in [5.74, 6) is -1.39. The van der Waals surface area contributed by atoms with Gasteiger partial charge in [0, 0.05) is 16.7 Å². The Hall–Kier alpha value is -1.53. The Morgan fingerprint density at radius 1 is 1.43 bits per heavy atom. The fourth-order valence-corrected chi connectivity index (χ4v) is 4.27. The van der Waals surface area contributed by atoms with Crippen LogP contribution in [-0.4, -0.2) is 20.9 Å². The smallest absolute Gasteiger partial charge is 0.435 e. The average Bonchev–Trinajstić information content (AvgIpc) is 2.82. The lowest BCUT2D eigenvalue weighted by atomic mass is 9.70. The fourth-order valence-electron chi connectivity index (χ4n) is 4.27. The molecular weight excluding hydrogens is 285 g/mol. The number of carbonyl (C=O) groups is 1. The lowest BCUT2D eigenvalue weighted by Crippen LogP contribution is -2.34. The number of aliphatic carboxylic acids is 1. The first-order valence-electron chi connectivity index (χ1n) is 6.90. The summed E-state index contributed by atoms with van der Waals surface area (Å²) in [6, 6.07) is 0. The van der Waals surface area contributed by atoms with Crippen LogP contribution in [0.5, 0.6) is 0 Å². The highest BCUT2D eigenvalue weighted by Gasteiger charge is 2.64. The molecule has 2 atom stereocenters. The zero-order valence-corrected chi connectivity index (χ0v) is 12.1. The molecule has 1 saturated carbocycles. The normalized spacial score (nSPS) is 29.7. The highest BCUT2D eigenvalue weighted by molar-refractivity contribution is 5.67. The predicted octanol–water partition coefficient (Wildman–Crippen LogP) is 3.16. The Kier molecular flexibility index (Phi) is 2.61. The van der Waals surface area contributed by atoms with Gasteiger partial charge in [-0.2, -0.15) is 18.3 Å². The van der Waals surface area contributed by atoms with Gasteiger partial charge < -0.3 is 5.11 Å². The maximum atomic E-state index is 13.3. The molecule has 1 fully saturated rings. The van der Waals surface area contributed by atoms with Crippen LogP contribution in [0.25, 0.3) is 0 Å². The number of hydrogen-bond donors (Lipinski definition) is 1. The van der Waals surface area contributed by atoms with Crippen LogP contribution in [-0.2, 0) is 22.9 Å². The topological polar surface area (TPSA) is 55.1 Å². The van der Waals surface area contributed by atoms with Crippen LogP contribution in [0.4, 0.5) is 13.2 Å². The summed E-state index contributed by atoms with van der Waals surface area (Å²) in [4.78, 5) is 11.0. The van der Waals surface area contributed by atoms with E-state index in [-0.39, 0.29) is 16.9 Å². The van der Waals surface area contributed by atoms with Gasteiger partial charge in [-0.05, 0) is 24.2 Å². The first-order chi connectivity index (χ1) is 9.50. The van der Waals surface area contributed by atoms with Gasteiger partial charge in [-0.25, -0.2) is 0 Å². The molecule has 21 heavy (non-hydrogen) atoms. The minimum atomic E-state index is -4.55. The second-order valence-corrected chi connectivity index (χ2v) is 6.81. The molecule has 1 aromatic rings. The van der Waals surface area contributed by atoms with Crippen molar-refractivity contribution < 1.29 is 23.1 Å². The number of carboxylic acid groups (broad SMARTS) is 1. The first-order valence-corrected chi connectivity index (χ1v) is 6.90. The molecule has 1 N–H and O–H groups in total. The van der Waals surface area contributed by atoms with Crippen molar-refractivity contribution in [2.45, 2.75) is 57.7 Å². The standard InChI is InChI=1S/C14H17F3N2O2/c1-12(2)7-4-5-13(12,3)11-9(7)10(14(15,16)17)18-19(11)6-8(20)21/h7H,4-6H2,1-3H3,(H,20,21)/t7-,13+/m0/s1. The van der Waals surface area contributed by atoms with Gasteiger partial charge in [0.1, 0.15) is 6.54 Å². The summed E-state index contributed by atoms with van der Waals surface area (Å²) in [5, 5.41) is 12.6. The molecule has 1 heterocycles. The van der Waals surface area contributed by atoms with Crippen LogP contribution in [0, 0.1) is 5.41 Å². The Bertz CT molecular complexity index is 633. The highest BCUT2D eigenvalue weighted by Crippen LogP contribution is 2.69. The van der Waals surface area contributed by atoms with E-state index in [4.69, 9.17) is 5.11 Å². The van der Waals surface area contributed by atoms with E-state index in [1.54, 1.807) is 0 Å². The molecule has 0 radical (unpaired) electrons. The number of nitrogens with zero attached hydrogens (tertiary/aromatic N) is 2. The molecule has 7 heteroatoms. The number of carboxylic acids is 1. The number of aromatic nitrogens is 2. The molecule has 0 unspecified atom stereocenters. The fraction of sp³-hybridized carbons (Fsp3) is 0.714. The number of hydrogen-bond acceptors (Lipinski definition) is 2. The van der Waals surface area contributed by atoms with Gasteiger partial charge >= 0.3 is 12.1 Å². The van der Waals surface area contributed by atoms with Crippen molar-refractivity contribution in [3.05, 3.63) is 17.0 Å². The zero-order valence-electron chi connectivity index (χ0n) is 12.1. The summed E-state index contributed by atoms with van der Waals surface area (Å²) < 4.78 is 40.9. The summed E-state index contributed by atoms with van der Waals surface area (Å²) >= 11 is 0. The van der Waals surface area contributed by atoms with Crippen LogP contribution in [0.2, 0.25) is 0 Å². The Morgan fingerprint density at radius 3 is 2.57 bits per heavy atom. The lowest BCUT2D eigenvalue weighted by molar-refractivity contribution is -0.143. The van der Waals surface area contributed by atoms with Crippen molar-refractivity contribution in [3.8, 4) is 0 Å². The molecule has 0 amide bonds. The third-order valence-corrected chi connectivity index (χ3v) is 5.64. The summed E-state index contributed by atoms with van der Waals surface area (Å²) in [6.07, 6.45) is -3.09. The summed E-state index contributed by atoms with van der Waals surface area (Å²) in [6.45, 7) is 5.33. The third-order valence-electron chi connectivity index (χ3n) is 5.64. The van der Waals surface area contributed by atoms with E-state index in [0.29, 0.717) is 12.1 Å². The van der Waals surface area contributed by atoms with Gasteiger partial charge in [-0.1, -0.05) is 20.8 Å². The highest BCUT2D eigenvalue weighted by atomic mass is 19.4. The predicted molar refractivity (Wildman–Crippen MR) is 68.0 cm³/mol. The quantitative estimate of drug-likeness (QED) is 0.913. The molecular formula is C14H17F3N2O2. The Labute approximate surface area is 119 Å². The number of halogens is 3. The van der Waals surface area contributed by atoms with E-state index in [1.807, 2.05) is 20.8 Å². The Balaban J connectivity index is 2.27. The number of rotatable bonds is 2. The summed E-state index contributed by atoms with van der Waals surface area (Å²) in [7, 11) is 0. The van der Waals surface area contributed by atoms with Crippen LogP contribution in [0.1, 0.15) is 56.5 Å². The zero-order chi connectivity index (χ0) is 15.8. The average molecular weight is 302 g/mol. The van der Waals surface area contributed by atoms with Crippen molar-refractivity contribution in [3.63, 3.8) is 0 Å². The molecule has 2 aliphatic carbocycles. The van der Waals surface area contributed by atoms with Gasteiger partial charge in [-0.3, -0.25) is 9.48 Å². The minimum absolute atomic E-state index is 0.211. The minimum Gasteiger partial charge on any atom is -0.480 e. The summed E-state index contributed by atoms with van der Waals surface area (Å²) in [5.41, 5.74) is -0.985. The second-order valence-electron chi connectivity index (χ2n) is 6.81. The van der Waals surface area contributed by atoms with E-state index >= 15 is 0 Å². The largest absolute Gasteiger partial charge is 0.480 e. The molecule has 2 aliphatic rings. The third kappa shape index (κ3) is 1.63. The number of fused-ring (bicyclic) bond motifs is 5. The van der Waals surface area contributed by atoms with Gasteiger partial charge in [0.05, 0.1) is 0 Å². The van der Waals surface area contributed by atoms with Crippen LogP contribution >= 0.6 is 0 Å². The molecule has 1 aromatic heterocycles. The van der Waals surface area contributed by atoms with Crippen molar-refractivity contribution in [2.75, 3.05) is 0 Å². The van der Waals surface area contributed by atoms with Gasteiger partial charge in [0.25, 0.3) is 0 Å². The van der Waals surface area contributed by atoms with Gasteiger partial charge in [0.15, 0.2) is 5.69 Å². The maximum Gasteiger partial charge on any atom is 0.435 e. The van der Waals surface area contributed by atoms with E-state index < -0.39 is 29.8 Å². The first kappa shape index (κ1) is 14.4. The van der Waals surface area contributed by atoms with Gasteiger partial charge in [-0.15, -0.1) is 0 Å². The van der Waals surface area contributed by atoms with Crippen molar-refractivity contribution >= 4 is 5.97 Å². The second kappa shape index (κ2) is 3.81. The molecule has 4 nitrogen and oxygen atoms in total. The molecule has 2 bridgehead atoms. The molecule has 0 spiro atoms. The monoisotopic (exact) mass is 302 g/mol. The lowest BCUT2D eigenvalue weighted by Gasteiger charge is -2.35. The maximum absolute atomic E-state index is 13.3. The van der Waals surface area contributed by atoms with E-state index in [2.05, 4.69) is 5.10 Å². The van der Waals surface area contributed by atoms with Crippen LogP contribution in [0.15, 0.2) is 0 Å².